The van der Waals surface area contributed by atoms with E-state index in [0.29, 0.717) is 12.8 Å². The van der Waals surface area contributed by atoms with Gasteiger partial charge in [-0.25, -0.2) is 0 Å². The van der Waals surface area contributed by atoms with Gasteiger partial charge in [0.25, 0.3) is 0 Å². The van der Waals surface area contributed by atoms with Crippen molar-refractivity contribution >= 4 is 11.7 Å². The van der Waals surface area contributed by atoms with Crippen molar-refractivity contribution in [3.05, 3.63) is 35.9 Å². The summed E-state index contributed by atoms with van der Waals surface area (Å²) in [6.45, 7) is 15.6. The van der Waals surface area contributed by atoms with Gasteiger partial charge in [0.1, 0.15) is 0 Å². The molecule has 2 unspecified atom stereocenters. The van der Waals surface area contributed by atoms with Crippen LogP contribution in [-0.2, 0) is 16.0 Å². The van der Waals surface area contributed by atoms with Gasteiger partial charge in [0.05, 0.1) is 12.1 Å². The first-order valence-electron chi connectivity index (χ1n) is 10.6. The van der Waals surface area contributed by atoms with Crippen molar-refractivity contribution in [2.45, 2.75) is 93.2 Å². The van der Waals surface area contributed by atoms with E-state index in [2.05, 4.69) is 17.6 Å². The lowest BCUT2D eigenvalue weighted by Crippen LogP contribution is -2.49. The zero-order chi connectivity index (χ0) is 21.7. The van der Waals surface area contributed by atoms with Gasteiger partial charge in [-0.05, 0) is 32.4 Å². The standard InChI is InChI=1S/C17H26N2O2.3C2H6/c1-4-5-11-15(13(2)20)19-17(21)16(18-3)12-14-9-7-6-8-10-14;3*1-2/h6-10,15-16,18H,4-5,11-12H2,1-3H3,(H,19,21);3*1-2H3. The van der Waals surface area contributed by atoms with E-state index in [4.69, 9.17) is 0 Å². The summed E-state index contributed by atoms with van der Waals surface area (Å²) in [6.07, 6.45) is 3.27. The number of benzene rings is 1. The van der Waals surface area contributed by atoms with E-state index in [1.54, 1.807) is 7.05 Å². The molecule has 158 valence electrons. The molecule has 0 bridgehead atoms. The summed E-state index contributed by atoms with van der Waals surface area (Å²) in [5.41, 5.74) is 1.10. The lowest BCUT2D eigenvalue weighted by Gasteiger charge is -2.21. The second-order valence-electron chi connectivity index (χ2n) is 5.35. The van der Waals surface area contributed by atoms with Crippen molar-refractivity contribution in [3.8, 4) is 0 Å². The third kappa shape index (κ3) is 15.1. The van der Waals surface area contributed by atoms with E-state index in [1.807, 2.05) is 71.9 Å². The van der Waals surface area contributed by atoms with Crippen molar-refractivity contribution in [3.63, 3.8) is 0 Å². The molecule has 0 aliphatic rings. The Morgan fingerprint density at radius 2 is 1.44 bits per heavy atom. The molecule has 0 spiro atoms. The fraction of sp³-hybridized carbons (Fsp3) is 0.652. The van der Waals surface area contributed by atoms with E-state index in [1.165, 1.54) is 6.92 Å². The molecule has 1 rings (SSSR count). The summed E-state index contributed by atoms with van der Waals surface area (Å²) >= 11 is 0. The lowest BCUT2D eigenvalue weighted by atomic mass is 10.0. The molecule has 1 aromatic rings. The molecule has 0 heterocycles. The average Bonchev–Trinajstić information content (AvgIpc) is 2.74. The van der Waals surface area contributed by atoms with Crippen LogP contribution in [-0.4, -0.2) is 30.8 Å². The Morgan fingerprint density at radius 1 is 0.926 bits per heavy atom. The Labute approximate surface area is 168 Å². The molecule has 1 aromatic carbocycles. The SMILES string of the molecule is CC.CC.CC.CCCCC(NC(=O)C(Cc1ccccc1)NC)C(C)=O. The molecule has 2 N–H and O–H groups in total. The molecule has 0 saturated heterocycles. The molecule has 27 heavy (non-hydrogen) atoms. The van der Waals surface area contributed by atoms with Crippen molar-refractivity contribution in [1.29, 1.82) is 0 Å². The summed E-state index contributed by atoms with van der Waals surface area (Å²) < 4.78 is 0. The highest BCUT2D eigenvalue weighted by molar-refractivity contribution is 5.89. The first-order valence-corrected chi connectivity index (χ1v) is 10.6. The molecule has 0 fully saturated rings. The Bertz CT molecular complexity index is 447. The first kappa shape index (κ1) is 30.1. The van der Waals surface area contributed by atoms with Gasteiger partial charge in [-0.2, -0.15) is 0 Å². The predicted octanol–water partition coefficient (Wildman–Crippen LogP) is 5.16. The topological polar surface area (TPSA) is 58.2 Å². The number of ketones is 1. The van der Waals surface area contributed by atoms with Gasteiger partial charge in [0, 0.05) is 0 Å². The summed E-state index contributed by atoms with van der Waals surface area (Å²) in [5.74, 6) is -0.0935. The maximum Gasteiger partial charge on any atom is 0.238 e. The molecule has 0 radical (unpaired) electrons. The Hall–Kier alpha value is -1.68. The van der Waals surface area contributed by atoms with Crippen LogP contribution in [0.3, 0.4) is 0 Å². The van der Waals surface area contributed by atoms with Crippen LogP contribution in [0.25, 0.3) is 0 Å². The first-order chi connectivity index (χ1) is 13.1. The van der Waals surface area contributed by atoms with Gasteiger partial charge < -0.3 is 10.6 Å². The highest BCUT2D eigenvalue weighted by atomic mass is 16.2. The Morgan fingerprint density at radius 3 is 1.85 bits per heavy atom. The maximum atomic E-state index is 12.3. The lowest BCUT2D eigenvalue weighted by molar-refractivity contribution is -0.128. The van der Waals surface area contributed by atoms with E-state index < -0.39 is 0 Å². The van der Waals surface area contributed by atoms with Gasteiger partial charge in [-0.1, -0.05) is 91.6 Å². The van der Waals surface area contributed by atoms with E-state index >= 15 is 0 Å². The summed E-state index contributed by atoms with van der Waals surface area (Å²) in [6, 6.07) is 9.17. The monoisotopic (exact) mass is 380 g/mol. The van der Waals surface area contributed by atoms with E-state index in [-0.39, 0.29) is 23.8 Å². The van der Waals surface area contributed by atoms with Gasteiger partial charge in [0.15, 0.2) is 5.78 Å². The van der Waals surface area contributed by atoms with Crippen LogP contribution < -0.4 is 10.6 Å². The summed E-state index contributed by atoms with van der Waals surface area (Å²) in [4.78, 5) is 24.0. The van der Waals surface area contributed by atoms with Gasteiger partial charge in [0.2, 0.25) is 5.91 Å². The second kappa shape index (κ2) is 22.4. The zero-order valence-corrected chi connectivity index (χ0v) is 19.2. The third-order valence-corrected chi connectivity index (χ3v) is 3.60. The van der Waals surface area contributed by atoms with Crippen molar-refractivity contribution in [2.24, 2.45) is 0 Å². The molecule has 0 saturated carbocycles. The normalized spacial score (nSPS) is 11.1. The highest BCUT2D eigenvalue weighted by Gasteiger charge is 2.22. The average molecular weight is 381 g/mol. The Balaban J connectivity index is -0.000000869. The number of hydrogen-bond donors (Lipinski definition) is 2. The van der Waals surface area contributed by atoms with E-state index in [0.717, 1.165) is 18.4 Å². The number of rotatable bonds is 9. The van der Waals surface area contributed by atoms with Crippen LogP contribution in [0.1, 0.15) is 80.2 Å². The minimum Gasteiger partial charge on any atom is -0.345 e. The highest BCUT2D eigenvalue weighted by Crippen LogP contribution is 2.06. The smallest absolute Gasteiger partial charge is 0.238 e. The number of carbonyl (C=O) groups excluding carboxylic acids is 2. The van der Waals surface area contributed by atoms with Crippen LogP contribution in [0.15, 0.2) is 30.3 Å². The van der Waals surface area contributed by atoms with Crippen molar-refractivity contribution < 1.29 is 9.59 Å². The summed E-state index contributed by atoms with van der Waals surface area (Å²) in [5, 5.41) is 5.90. The molecule has 0 aliphatic carbocycles. The molecule has 0 aliphatic heterocycles. The number of likely N-dealkylation sites (N-methyl/N-ethyl adjacent to an activating group) is 1. The largest absolute Gasteiger partial charge is 0.345 e. The molecular formula is C23H44N2O2. The zero-order valence-electron chi connectivity index (χ0n) is 19.2. The second-order valence-corrected chi connectivity index (χ2v) is 5.35. The number of hydrogen-bond acceptors (Lipinski definition) is 3. The fourth-order valence-electron chi connectivity index (χ4n) is 2.23. The van der Waals surface area contributed by atoms with Crippen LogP contribution in [0.5, 0.6) is 0 Å². The van der Waals surface area contributed by atoms with Crippen molar-refractivity contribution in [1.82, 2.24) is 10.6 Å². The number of carbonyl (C=O) groups is 2. The summed E-state index contributed by atoms with van der Waals surface area (Å²) in [7, 11) is 1.77. The third-order valence-electron chi connectivity index (χ3n) is 3.60. The molecule has 2 atom stereocenters. The Kier molecular flexibility index (Phi) is 24.9. The van der Waals surface area contributed by atoms with Crippen LogP contribution in [0.4, 0.5) is 0 Å². The van der Waals surface area contributed by atoms with Gasteiger partial charge in [-0.15, -0.1) is 0 Å². The number of unbranched alkanes of at least 4 members (excludes halogenated alkanes) is 1. The quantitative estimate of drug-likeness (QED) is 0.622. The molecular weight excluding hydrogens is 336 g/mol. The van der Waals surface area contributed by atoms with Gasteiger partial charge in [-0.3, -0.25) is 9.59 Å². The van der Waals surface area contributed by atoms with Crippen LogP contribution in [0, 0.1) is 0 Å². The van der Waals surface area contributed by atoms with E-state index in [9.17, 15) is 9.59 Å². The molecule has 4 nitrogen and oxygen atoms in total. The number of nitrogens with one attached hydrogen (secondary N) is 2. The molecule has 1 amide bonds. The number of Topliss-reactive ketones (excluding diaryl/α,β-unsaturated/α-hetero) is 1. The molecule has 0 aromatic heterocycles. The number of amides is 1. The maximum absolute atomic E-state index is 12.3. The van der Waals surface area contributed by atoms with Crippen molar-refractivity contribution in [2.75, 3.05) is 7.05 Å². The fourth-order valence-corrected chi connectivity index (χ4v) is 2.23. The van der Waals surface area contributed by atoms with Gasteiger partial charge >= 0.3 is 0 Å². The predicted molar refractivity (Wildman–Crippen MR) is 119 cm³/mol. The minimum absolute atomic E-state index is 0.0198. The minimum atomic E-state index is -0.371. The van der Waals surface area contributed by atoms with Crippen LogP contribution in [0.2, 0.25) is 0 Å². The van der Waals surface area contributed by atoms with Crippen LogP contribution >= 0.6 is 0 Å². The molecule has 4 heteroatoms.